The Hall–Kier alpha value is -3.85. The highest BCUT2D eigenvalue weighted by atomic mass is 35.5. The number of aromatic nitrogens is 6. The zero-order chi connectivity index (χ0) is 22.5. The summed E-state index contributed by atoms with van der Waals surface area (Å²) in [4.78, 5) is 21.6. The van der Waals surface area contributed by atoms with Crippen LogP contribution in [0.2, 0.25) is 5.02 Å². The Bertz CT molecular complexity index is 1510. The number of nitrogens with two attached hydrogens (primary N) is 1. The van der Waals surface area contributed by atoms with Crippen molar-refractivity contribution in [2.24, 2.45) is 0 Å². The number of rotatable bonds is 6. The summed E-state index contributed by atoms with van der Waals surface area (Å²) >= 11 is 6.08. The van der Waals surface area contributed by atoms with Crippen LogP contribution >= 0.6 is 11.6 Å². The average molecular weight is 461 g/mol. The molecule has 3 N–H and O–H groups in total. The van der Waals surface area contributed by atoms with Crippen molar-refractivity contribution in [1.29, 1.82) is 0 Å². The molecule has 0 aromatic carbocycles. The summed E-state index contributed by atoms with van der Waals surface area (Å²) < 4.78 is 5.49. The summed E-state index contributed by atoms with van der Waals surface area (Å²) in [6.45, 7) is 0.729. The second-order valence-corrected chi connectivity index (χ2v) is 8.78. The Labute approximate surface area is 193 Å². The van der Waals surface area contributed by atoms with Gasteiger partial charge in [-0.3, -0.25) is 13.9 Å². The molecule has 166 valence electrons. The molecule has 1 amide bonds. The predicted molar refractivity (Wildman–Crippen MR) is 124 cm³/mol. The molecular weight excluding hydrogens is 440 g/mol. The van der Waals surface area contributed by atoms with Crippen LogP contribution in [0.3, 0.4) is 0 Å². The van der Waals surface area contributed by atoms with Gasteiger partial charge in [-0.25, -0.2) is 9.97 Å². The van der Waals surface area contributed by atoms with Crippen molar-refractivity contribution in [1.82, 2.24) is 33.9 Å². The molecule has 0 spiro atoms. The van der Waals surface area contributed by atoms with E-state index in [1.807, 2.05) is 33.3 Å². The van der Waals surface area contributed by atoms with Crippen molar-refractivity contribution in [3.8, 4) is 0 Å². The predicted octanol–water partition coefficient (Wildman–Crippen LogP) is 3.27. The summed E-state index contributed by atoms with van der Waals surface area (Å²) in [5.74, 6) is 1.10. The van der Waals surface area contributed by atoms with E-state index in [0.29, 0.717) is 23.0 Å². The molecule has 10 heteroatoms. The average Bonchev–Trinajstić information content (AvgIpc) is 3.20. The van der Waals surface area contributed by atoms with Gasteiger partial charge >= 0.3 is 0 Å². The van der Waals surface area contributed by atoms with Gasteiger partial charge in [-0.2, -0.15) is 5.10 Å². The summed E-state index contributed by atoms with van der Waals surface area (Å²) in [6.07, 6.45) is 11.1. The Morgan fingerprint density at radius 3 is 2.97 bits per heavy atom. The third kappa shape index (κ3) is 3.70. The molecule has 0 unspecified atom stereocenters. The van der Waals surface area contributed by atoms with Crippen molar-refractivity contribution < 1.29 is 4.79 Å². The lowest BCUT2D eigenvalue weighted by Crippen LogP contribution is -2.22. The molecule has 6 rings (SSSR count). The molecule has 5 aromatic rings. The molecule has 1 aliphatic carbocycles. The standard InChI is InChI=1S/C23H21ClN8O/c24-16-5-6-30-13-27-19(20(30)7-16)9-26-23(33)15-8-28-31(10-15)11-17-12-32-21(29-17)4-3-18(22(32)25)14-1-2-14/h3-8,10,12-14H,1-2,9,11,25H2,(H,26,33). The number of imidazole rings is 2. The molecule has 0 atom stereocenters. The van der Waals surface area contributed by atoms with E-state index in [0.717, 1.165) is 28.4 Å². The number of hydrogen-bond donors (Lipinski definition) is 2. The zero-order valence-corrected chi connectivity index (χ0v) is 18.4. The number of hydrogen-bond acceptors (Lipinski definition) is 5. The minimum absolute atomic E-state index is 0.224. The van der Waals surface area contributed by atoms with E-state index >= 15 is 0 Å². The SMILES string of the molecule is Nc1c(C2CC2)ccc2nc(Cn3cc(C(=O)NCc4ncn5ccc(Cl)cc45)cn3)cn12. The molecule has 1 saturated carbocycles. The van der Waals surface area contributed by atoms with Crippen LogP contribution < -0.4 is 11.1 Å². The molecule has 0 bridgehead atoms. The highest BCUT2D eigenvalue weighted by Gasteiger charge is 2.26. The van der Waals surface area contributed by atoms with Crippen molar-refractivity contribution in [2.45, 2.75) is 31.8 Å². The number of anilines is 1. The fourth-order valence-corrected chi connectivity index (χ4v) is 4.27. The molecule has 9 nitrogen and oxygen atoms in total. The van der Waals surface area contributed by atoms with Gasteiger partial charge < -0.3 is 15.5 Å². The number of fused-ring (bicyclic) bond motifs is 2. The smallest absolute Gasteiger partial charge is 0.254 e. The maximum atomic E-state index is 12.6. The lowest BCUT2D eigenvalue weighted by molar-refractivity contribution is 0.0950. The normalized spacial score (nSPS) is 13.7. The van der Waals surface area contributed by atoms with E-state index < -0.39 is 0 Å². The number of nitrogen functional groups attached to an aromatic ring is 1. The van der Waals surface area contributed by atoms with E-state index in [9.17, 15) is 4.79 Å². The van der Waals surface area contributed by atoms with Gasteiger partial charge in [0.25, 0.3) is 5.91 Å². The molecule has 1 fully saturated rings. The number of nitrogens with zero attached hydrogens (tertiary/aromatic N) is 6. The number of nitrogens with one attached hydrogen (secondary N) is 1. The first-order chi connectivity index (χ1) is 16.0. The quantitative estimate of drug-likeness (QED) is 0.404. The fourth-order valence-electron chi connectivity index (χ4n) is 4.11. The van der Waals surface area contributed by atoms with Gasteiger partial charge in [-0.1, -0.05) is 17.7 Å². The van der Waals surface area contributed by atoms with Crippen LogP contribution in [0.4, 0.5) is 5.82 Å². The lowest BCUT2D eigenvalue weighted by atomic mass is 10.1. The Balaban J connectivity index is 1.15. The van der Waals surface area contributed by atoms with Gasteiger partial charge in [0.1, 0.15) is 11.5 Å². The van der Waals surface area contributed by atoms with E-state index in [1.54, 1.807) is 29.5 Å². The molecule has 1 aliphatic rings. The van der Waals surface area contributed by atoms with Gasteiger partial charge in [0, 0.05) is 23.6 Å². The van der Waals surface area contributed by atoms with Gasteiger partial charge in [-0.15, -0.1) is 0 Å². The van der Waals surface area contributed by atoms with Crippen molar-refractivity contribution >= 4 is 34.5 Å². The van der Waals surface area contributed by atoms with E-state index in [4.69, 9.17) is 17.3 Å². The molecule has 0 aliphatic heterocycles. The molecule has 0 saturated heterocycles. The fraction of sp³-hybridized carbons (Fsp3) is 0.217. The monoisotopic (exact) mass is 460 g/mol. The van der Waals surface area contributed by atoms with Crippen molar-refractivity contribution in [3.05, 3.63) is 82.9 Å². The first-order valence-electron chi connectivity index (χ1n) is 10.7. The van der Waals surface area contributed by atoms with Gasteiger partial charge in [0.05, 0.1) is 48.1 Å². The van der Waals surface area contributed by atoms with E-state index in [-0.39, 0.29) is 12.5 Å². The van der Waals surface area contributed by atoms with Crippen LogP contribution in [0.25, 0.3) is 11.2 Å². The Kier molecular flexibility index (Phi) is 4.58. The van der Waals surface area contributed by atoms with Gasteiger partial charge in [-0.05, 0) is 42.5 Å². The lowest BCUT2D eigenvalue weighted by Gasteiger charge is -2.05. The molecule has 0 radical (unpaired) electrons. The van der Waals surface area contributed by atoms with Crippen LogP contribution in [0.5, 0.6) is 0 Å². The van der Waals surface area contributed by atoms with Crippen molar-refractivity contribution in [3.63, 3.8) is 0 Å². The Morgan fingerprint density at radius 2 is 2.12 bits per heavy atom. The van der Waals surface area contributed by atoms with Crippen LogP contribution in [0.15, 0.2) is 55.4 Å². The van der Waals surface area contributed by atoms with Crippen LogP contribution in [0, 0.1) is 0 Å². The highest BCUT2D eigenvalue weighted by molar-refractivity contribution is 6.30. The summed E-state index contributed by atoms with van der Waals surface area (Å²) in [6, 6.07) is 7.69. The van der Waals surface area contributed by atoms with Gasteiger partial charge in [0.2, 0.25) is 0 Å². The summed E-state index contributed by atoms with van der Waals surface area (Å²) in [7, 11) is 0. The minimum atomic E-state index is -0.224. The zero-order valence-electron chi connectivity index (χ0n) is 17.6. The van der Waals surface area contributed by atoms with Crippen LogP contribution in [-0.4, -0.2) is 34.5 Å². The second kappa shape index (κ2) is 7.63. The second-order valence-electron chi connectivity index (χ2n) is 8.35. The van der Waals surface area contributed by atoms with Crippen molar-refractivity contribution in [2.75, 3.05) is 5.73 Å². The maximum Gasteiger partial charge on any atom is 0.254 e. The van der Waals surface area contributed by atoms with Crippen LogP contribution in [0.1, 0.15) is 46.1 Å². The maximum absolute atomic E-state index is 12.6. The minimum Gasteiger partial charge on any atom is -0.385 e. The van der Waals surface area contributed by atoms with Gasteiger partial charge in [0.15, 0.2) is 0 Å². The molecule has 5 heterocycles. The molecular formula is C23H21ClN8O. The highest BCUT2D eigenvalue weighted by Crippen LogP contribution is 2.42. The molecule has 33 heavy (non-hydrogen) atoms. The van der Waals surface area contributed by atoms with Crippen LogP contribution in [-0.2, 0) is 13.1 Å². The third-order valence-corrected chi connectivity index (χ3v) is 6.22. The number of pyridine rings is 2. The number of carbonyl (C=O) groups excluding carboxylic acids is 1. The topological polar surface area (TPSA) is 108 Å². The third-order valence-electron chi connectivity index (χ3n) is 5.98. The molecule has 5 aromatic heterocycles. The number of amides is 1. The summed E-state index contributed by atoms with van der Waals surface area (Å²) in [5.41, 5.74) is 11.3. The first kappa shape index (κ1) is 19.8. The Morgan fingerprint density at radius 1 is 1.24 bits per heavy atom. The number of halogens is 1. The van der Waals surface area contributed by atoms with E-state index in [1.165, 1.54) is 18.4 Å². The number of carbonyl (C=O) groups is 1. The first-order valence-corrected chi connectivity index (χ1v) is 11.1. The summed E-state index contributed by atoms with van der Waals surface area (Å²) in [5, 5.41) is 7.84. The van der Waals surface area contributed by atoms with E-state index in [2.05, 4.69) is 26.4 Å². The largest absolute Gasteiger partial charge is 0.385 e.